The van der Waals surface area contributed by atoms with Crippen molar-refractivity contribution in [2.75, 3.05) is 0 Å². The molecule has 6 heteroatoms. The predicted molar refractivity (Wildman–Crippen MR) is 153 cm³/mol. The van der Waals surface area contributed by atoms with Crippen LogP contribution in [-0.4, -0.2) is 15.0 Å². The minimum Gasteiger partial charge on any atom is -0.203 e. The molecule has 0 saturated heterocycles. The fraction of sp³-hybridized carbons (Fsp3) is 0.438. The highest BCUT2D eigenvalue weighted by Crippen LogP contribution is 2.29. The summed E-state index contributed by atoms with van der Waals surface area (Å²) in [5.41, 5.74) is 5.14. The van der Waals surface area contributed by atoms with Gasteiger partial charge in [-0.1, -0.05) is 113 Å². The third-order valence-electron chi connectivity index (χ3n) is 6.38. The van der Waals surface area contributed by atoms with Gasteiger partial charge in [0.25, 0.3) is 0 Å². The quantitative estimate of drug-likeness (QED) is 0.127. The van der Waals surface area contributed by atoms with Crippen LogP contribution < -0.4 is 0 Å². The van der Waals surface area contributed by atoms with E-state index in [-0.39, 0.29) is 6.42 Å². The Bertz CT molecular complexity index is 1090. The van der Waals surface area contributed by atoms with Crippen molar-refractivity contribution in [1.29, 1.82) is 0 Å². The monoisotopic (exact) mass is 548 g/mol. The molecule has 0 amide bonds. The maximum absolute atomic E-state index is 14.7. The van der Waals surface area contributed by atoms with Crippen LogP contribution in [0.25, 0.3) is 22.3 Å². The number of unbranched alkanes of at least 4 members (excludes halogenated alkanes) is 4. The molecular weight excluding hydrogens is 507 g/mol. The summed E-state index contributed by atoms with van der Waals surface area (Å²) in [6, 6.07) is 20.6. The SMILES string of the molecule is CCCC(F)(F)F.CCCCCCCc1ccc(-c2ccc(-c3ccc(C[SiH](C)C)c(F)c3F)cc2)cc1. The van der Waals surface area contributed by atoms with E-state index in [4.69, 9.17) is 0 Å². The van der Waals surface area contributed by atoms with Crippen molar-refractivity contribution < 1.29 is 22.0 Å². The number of alkyl halides is 3. The van der Waals surface area contributed by atoms with Crippen LogP contribution in [0.3, 0.4) is 0 Å². The molecule has 0 nitrogen and oxygen atoms in total. The van der Waals surface area contributed by atoms with E-state index in [0.717, 1.165) is 17.5 Å². The fourth-order valence-electron chi connectivity index (χ4n) is 4.33. The standard InChI is InChI=1S/C28H34F2Si.C4H7F3/c1-4-5-6-7-8-9-21-10-12-22(13-11-21)23-14-16-24(17-15-23)26-19-18-25(20-31(2)3)27(29)28(26)30;1-2-3-4(5,6)7/h10-19,31H,4-9,20H2,1-3H3;2-3H2,1H3. The zero-order valence-electron chi connectivity index (χ0n) is 23.1. The van der Waals surface area contributed by atoms with Gasteiger partial charge in [0.15, 0.2) is 11.6 Å². The summed E-state index contributed by atoms with van der Waals surface area (Å²) in [6.07, 6.45) is 3.18. The summed E-state index contributed by atoms with van der Waals surface area (Å²) in [4.78, 5) is 0. The Labute approximate surface area is 226 Å². The molecule has 0 spiro atoms. The molecular formula is C32H41F5Si. The average molecular weight is 549 g/mol. The van der Waals surface area contributed by atoms with Crippen LogP contribution >= 0.6 is 0 Å². The highest BCUT2D eigenvalue weighted by atomic mass is 28.3. The largest absolute Gasteiger partial charge is 0.389 e. The number of hydrogen-bond donors (Lipinski definition) is 0. The van der Waals surface area contributed by atoms with Crippen LogP contribution in [0.15, 0.2) is 60.7 Å². The van der Waals surface area contributed by atoms with Crippen LogP contribution in [0.4, 0.5) is 22.0 Å². The van der Waals surface area contributed by atoms with Gasteiger partial charge in [0, 0.05) is 20.8 Å². The van der Waals surface area contributed by atoms with Crippen molar-refractivity contribution in [3.05, 3.63) is 83.4 Å². The minimum atomic E-state index is -3.95. The lowest BCUT2D eigenvalue weighted by molar-refractivity contribution is -0.134. The van der Waals surface area contributed by atoms with Crippen LogP contribution in [0, 0.1) is 11.6 Å². The lowest BCUT2D eigenvalue weighted by Gasteiger charge is -2.11. The first-order valence-electron chi connectivity index (χ1n) is 13.8. The maximum atomic E-state index is 14.7. The van der Waals surface area contributed by atoms with Crippen LogP contribution in [-0.2, 0) is 12.5 Å². The number of aryl methyl sites for hydroxylation is 1. The first kappa shape index (κ1) is 31.7. The molecule has 0 bridgehead atoms. The van der Waals surface area contributed by atoms with Gasteiger partial charge < -0.3 is 0 Å². The molecule has 0 N–H and O–H groups in total. The Morgan fingerprint density at radius 3 is 1.68 bits per heavy atom. The molecule has 0 fully saturated rings. The summed E-state index contributed by atoms with van der Waals surface area (Å²) >= 11 is 0. The molecule has 0 aliphatic rings. The van der Waals surface area contributed by atoms with E-state index in [1.54, 1.807) is 12.1 Å². The van der Waals surface area contributed by atoms with Crippen molar-refractivity contribution >= 4 is 8.80 Å². The van der Waals surface area contributed by atoms with Crippen LogP contribution in [0.2, 0.25) is 13.1 Å². The van der Waals surface area contributed by atoms with E-state index >= 15 is 0 Å². The predicted octanol–water partition coefficient (Wildman–Crippen LogP) is 10.7. The third kappa shape index (κ3) is 10.7. The summed E-state index contributed by atoms with van der Waals surface area (Å²) < 4.78 is 62.3. The Morgan fingerprint density at radius 2 is 1.18 bits per heavy atom. The van der Waals surface area contributed by atoms with Gasteiger partial charge in [0.1, 0.15) is 0 Å². The molecule has 3 aromatic rings. The summed E-state index contributed by atoms with van der Waals surface area (Å²) in [6.45, 7) is 8.03. The van der Waals surface area contributed by atoms with E-state index in [1.165, 1.54) is 44.6 Å². The molecule has 3 rings (SSSR count). The lowest BCUT2D eigenvalue weighted by atomic mass is 9.97. The highest BCUT2D eigenvalue weighted by molar-refractivity contribution is 6.55. The molecule has 38 heavy (non-hydrogen) atoms. The van der Waals surface area contributed by atoms with Crippen molar-refractivity contribution in [2.45, 2.75) is 90.5 Å². The second-order valence-electron chi connectivity index (χ2n) is 10.3. The number of rotatable bonds is 11. The molecule has 0 aliphatic carbocycles. The first-order chi connectivity index (χ1) is 18.1. The maximum Gasteiger partial charge on any atom is 0.389 e. The van der Waals surface area contributed by atoms with E-state index in [2.05, 4.69) is 44.3 Å². The molecule has 0 radical (unpaired) electrons. The molecule has 0 atom stereocenters. The van der Waals surface area contributed by atoms with E-state index < -0.39 is 33.0 Å². The van der Waals surface area contributed by atoms with E-state index in [9.17, 15) is 22.0 Å². The molecule has 3 aromatic carbocycles. The van der Waals surface area contributed by atoms with E-state index in [1.807, 2.05) is 24.3 Å². The molecule has 0 heterocycles. The second kappa shape index (κ2) is 15.8. The number of benzene rings is 3. The topological polar surface area (TPSA) is 0 Å². The highest BCUT2D eigenvalue weighted by Gasteiger charge is 2.24. The molecule has 0 aliphatic heterocycles. The van der Waals surface area contributed by atoms with Gasteiger partial charge in [0.05, 0.1) is 0 Å². The van der Waals surface area contributed by atoms with Crippen molar-refractivity contribution in [3.63, 3.8) is 0 Å². The van der Waals surface area contributed by atoms with Gasteiger partial charge in [-0.2, -0.15) is 13.2 Å². The van der Waals surface area contributed by atoms with Gasteiger partial charge in [-0.25, -0.2) is 8.78 Å². The van der Waals surface area contributed by atoms with E-state index in [0.29, 0.717) is 22.7 Å². The third-order valence-corrected chi connectivity index (χ3v) is 7.63. The second-order valence-corrected chi connectivity index (χ2v) is 13.5. The zero-order chi connectivity index (χ0) is 28.1. The molecule has 0 saturated carbocycles. The molecule has 0 unspecified atom stereocenters. The molecule has 208 valence electrons. The molecule has 0 aromatic heterocycles. The number of hydrogen-bond acceptors (Lipinski definition) is 0. The fourth-order valence-corrected chi connectivity index (χ4v) is 5.53. The van der Waals surface area contributed by atoms with Crippen molar-refractivity contribution in [3.8, 4) is 22.3 Å². The summed E-state index contributed by atoms with van der Waals surface area (Å²) in [7, 11) is -0.999. The van der Waals surface area contributed by atoms with Crippen molar-refractivity contribution in [1.82, 2.24) is 0 Å². The van der Waals surface area contributed by atoms with Crippen LogP contribution in [0.1, 0.15) is 69.9 Å². The van der Waals surface area contributed by atoms with Gasteiger partial charge >= 0.3 is 6.18 Å². The number of halogens is 5. The lowest BCUT2D eigenvalue weighted by Crippen LogP contribution is -2.08. The van der Waals surface area contributed by atoms with Gasteiger partial charge in [-0.3, -0.25) is 0 Å². The Hall–Kier alpha value is -2.47. The van der Waals surface area contributed by atoms with Crippen LogP contribution in [0.5, 0.6) is 0 Å². The smallest absolute Gasteiger partial charge is 0.203 e. The minimum absolute atomic E-state index is 0.184. The normalized spacial score (nSPS) is 11.4. The van der Waals surface area contributed by atoms with Gasteiger partial charge in [0.2, 0.25) is 0 Å². The Morgan fingerprint density at radius 1 is 0.632 bits per heavy atom. The summed E-state index contributed by atoms with van der Waals surface area (Å²) in [5, 5.41) is 0. The Balaban J connectivity index is 0.000000638. The van der Waals surface area contributed by atoms with Crippen molar-refractivity contribution in [2.24, 2.45) is 0 Å². The van der Waals surface area contributed by atoms with Gasteiger partial charge in [-0.05, 0) is 53.1 Å². The summed E-state index contributed by atoms with van der Waals surface area (Å²) in [5.74, 6) is -1.42. The first-order valence-corrected chi connectivity index (χ1v) is 16.9. The average Bonchev–Trinajstić information content (AvgIpc) is 2.87. The van der Waals surface area contributed by atoms with Gasteiger partial charge in [-0.15, -0.1) is 0 Å². The zero-order valence-corrected chi connectivity index (χ0v) is 24.3. The Kier molecular flexibility index (Phi) is 13.2.